The van der Waals surface area contributed by atoms with Crippen molar-refractivity contribution in [3.8, 4) is 11.5 Å². The van der Waals surface area contributed by atoms with E-state index >= 15 is 0 Å². The molecule has 0 bridgehead atoms. The first-order chi connectivity index (χ1) is 9.74. The number of anilines is 1. The third-order valence-corrected chi connectivity index (χ3v) is 3.55. The summed E-state index contributed by atoms with van der Waals surface area (Å²) in [6, 6.07) is 5.54. The molecule has 20 heavy (non-hydrogen) atoms. The third kappa shape index (κ3) is 3.65. The van der Waals surface area contributed by atoms with Gasteiger partial charge >= 0.3 is 0 Å². The van der Waals surface area contributed by atoms with Crippen LogP contribution in [-0.4, -0.2) is 19.1 Å². The molecule has 1 amide bonds. The summed E-state index contributed by atoms with van der Waals surface area (Å²) in [5.41, 5.74) is 0.703. The average Bonchev–Trinajstić information content (AvgIpc) is 2.96. The Bertz CT molecular complexity index is 453. The van der Waals surface area contributed by atoms with Crippen LogP contribution in [0.5, 0.6) is 11.5 Å². The van der Waals surface area contributed by atoms with E-state index < -0.39 is 0 Å². The van der Waals surface area contributed by atoms with Gasteiger partial charge in [0.05, 0.1) is 18.9 Å². The van der Waals surface area contributed by atoms with Gasteiger partial charge in [-0.1, -0.05) is 12.8 Å². The van der Waals surface area contributed by atoms with E-state index in [1.807, 2.05) is 32.0 Å². The van der Waals surface area contributed by atoms with Gasteiger partial charge in [0, 0.05) is 12.0 Å². The molecule has 0 spiro atoms. The fourth-order valence-electron chi connectivity index (χ4n) is 2.57. The standard InChI is InChI=1S/C16H23NO3/c1-3-19-13-9-10-15(20-4-2)14(11-13)17-16(18)12-7-5-6-8-12/h9-12H,3-8H2,1-2H3,(H,17,18). The molecule has 1 fully saturated rings. The Morgan fingerprint density at radius 3 is 2.55 bits per heavy atom. The largest absolute Gasteiger partial charge is 0.494 e. The number of hydrogen-bond donors (Lipinski definition) is 1. The van der Waals surface area contributed by atoms with Gasteiger partial charge in [0.25, 0.3) is 0 Å². The lowest BCUT2D eigenvalue weighted by atomic mass is 10.1. The van der Waals surface area contributed by atoms with Crippen LogP contribution >= 0.6 is 0 Å². The maximum atomic E-state index is 12.2. The monoisotopic (exact) mass is 277 g/mol. The van der Waals surface area contributed by atoms with E-state index in [-0.39, 0.29) is 11.8 Å². The molecule has 1 N–H and O–H groups in total. The van der Waals surface area contributed by atoms with Gasteiger partial charge in [-0.05, 0) is 38.8 Å². The maximum absolute atomic E-state index is 12.2. The molecule has 1 aliphatic carbocycles. The first-order valence-corrected chi connectivity index (χ1v) is 7.45. The summed E-state index contributed by atoms with van der Waals surface area (Å²) < 4.78 is 11.0. The molecule has 0 aromatic heterocycles. The smallest absolute Gasteiger partial charge is 0.227 e. The predicted octanol–water partition coefficient (Wildman–Crippen LogP) is 3.61. The second kappa shape index (κ2) is 7.17. The number of benzene rings is 1. The van der Waals surface area contributed by atoms with E-state index in [0.29, 0.717) is 24.7 Å². The second-order valence-electron chi connectivity index (χ2n) is 4.99. The highest BCUT2D eigenvalue weighted by atomic mass is 16.5. The summed E-state index contributed by atoms with van der Waals surface area (Å²) >= 11 is 0. The van der Waals surface area contributed by atoms with Crippen molar-refractivity contribution in [1.82, 2.24) is 0 Å². The molecule has 0 heterocycles. The fraction of sp³-hybridized carbons (Fsp3) is 0.562. The minimum Gasteiger partial charge on any atom is -0.494 e. The van der Waals surface area contributed by atoms with Crippen LogP contribution in [0.4, 0.5) is 5.69 Å². The Labute approximate surface area is 120 Å². The van der Waals surface area contributed by atoms with Crippen molar-refractivity contribution in [3.05, 3.63) is 18.2 Å². The van der Waals surface area contributed by atoms with Crippen LogP contribution in [0, 0.1) is 5.92 Å². The highest BCUT2D eigenvalue weighted by molar-refractivity contribution is 5.94. The molecule has 1 aliphatic rings. The lowest BCUT2D eigenvalue weighted by Crippen LogP contribution is -2.20. The number of amides is 1. The van der Waals surface area contributed by atoms with Gasteiger partial charge in [0.1, 0.15) is 11.5 Å². The Kier molecular flexibility index (Phi) is 5.27. The van der Waals surface area contributed by atoms with Crippen LogP contribution in [0.25, 0.3) is 0 Å². The van der Waals surface area contributed by atoms with Gasteiger partial charge in [-0.15, -0.1) is 0 Å². The lowest BCUT2D eigenvalue weighted by molar-refractivity contribution is -0.119. The summed E-state index contributed by atoms with van der Waals surface area (Å²) in [7, 11) is 0. The van der Waals surface area contributed by atoms with E-state index in [1.165, 1.54) is 0 Å². The molecule has 0 aliphatic heterocycles. The predicted molar refractivity (Wildman–Crippen MR) is 79.4 cm³/mol. The summed E-state index contributed by atoms with van der Waals surface area (Å²) in [6.45, 7) is 5.04. The molecule has 2 rings (SSSR count). The Hall–Kier alpha value is -1.71. The van der Waals surface area contributed by atoms with Gasteiger partial charge in [-0.3, -0.25) is 4.79 Å². The average molecular weight is 277 g/mol. The molecule has 1 saturated carbocycles. The van der Waals surface area contributed by atoms with Gasteiger partial charge in [0.15, 0.2) is 0 Å². The number of rotatable bonds is 6. The normalized spacial score (nSPS) is 15.1. The zero-order valence-corrected chi connectivity index (χ0v) is 12.3. The van der Waals surface area contributed by atoms with E-state index in [2.05, 4.69) is 5.32 Å². The zero-order valence-electron chi connectivity index (χ0n) is 12.3. The molecule has 0 unspecified atom stereocenters. The van der Waals surface area contributed by atoms with Crippen LogP contribution in [0.2, 0.25) is 0 Å². The van der Waals surface area contributed by atoms with Crippen molar-refractivity contribution in [2.24, 2.45) is 5.92 Å². The van der Waals surface area contributed by atoms with Gasteiger partial charge < -0.3 is 14.8 Å². The first kappa shape index (κ1) is 14.7. The van der Waals surface area contributed by atoms with E-state index in [9.17, 15) is 4.79 Å². The molecule has 4 nitrogen and oxygen atoms in total. The topological polar surface area (TPSA) is 47.6 Å². The van der Waals surface area contributed by atoms with Crippen LogP contribution < -0.4 is 14.8 Å². The van der Waals surface area contributed by atoms with Gasteiger partial charge in [-0.2, -0.15) is 0 Å². The summed E-state index contributed by atoms with van der Waals surface area (Å²) in [4.78, 5) is 12.2. The Balaban J connectivity index is 2.13. The molecule has 1 aromatic carbocycles. The minimum atomic E-state index is 0.0945. The van der Waals surface area contributed by atoms with E-state index in [0.717, 1.165) is 31.4 Å². The molecule has 0 atom stereocenters. The summed E-state index contributed by atoms with van der Waals surface area (Å²) in [5, 5.41) is 2.99. The minimum absolute atomic E-state index is 0.0945. The van der Waals surface area contributed by atoms with Gasteiger partial charge in [0.2, 0.25) is 5.91 Å². The third-order valence-electron chi connectivity index (χ3n) is 3.55. The number of carbonyl (C=O) groups excluding carboxylic acids is 1. The number of ether oxygens (including phenoxy) is 2. The van der Waals surface area contributed by atoms with Crippen LogP contribution in [0.3, 0.4) is 0 Å². The SMILES string of the molecule is CCOc1ccc(OCC)c(NC(=O)C2CCCC2)c1. The number of hydrogen-bond acceptors (Lipinski definition) is 3. The molecule has 1 aromatic rings. The summed E-state index contributed by atoms with van der Waals surface area (Å²) in [5.74, 6) is 1.68. The van der Waals surface area contributed by atoms with Crippen molar-refractivity contribution >= 4 is 11.6 Å². The molecular formula is C16H23NO3. The van der Waals surface area contributed by atoms with Crippen LogP contribution in [0.15, 0.2) is 18.2 Å². The lowest BCUT2D eigenvalue weighted by Gasteiger charge is -2.15. The molecule has 0 radical (unpaired) electrons. The van der Waals surface area contributed by atoms with Crippen molar-refractivity contribution < 1.29 is 14.3 Å². The highest BCUT2D eigenvalue weighted by Gasteiger charge is 2.23. The Morgan fingerprint density at radius 1 is 1.20 bits per heavy atom. The first-order valence-electron chi connectivity index (χ1n) is 7.45. The van der Waals surface area contributed by atoms with Crippen molar-refractivity contribution in [2.75, 3.05) is 18.5 Å². The Morgan fingerprint density at radius 2 is 1.90 bits per heavy atom. The van der Waals surface area contributed by atoms with Crippen LogP contribution in [-0.2, 0) is 4.79 Å². The zero-order chi connectivity index (χ0) is 14.4. The van der Waals surface area contributed by atoms with Crippen molar-refractivity contribution in [2.45, 2.75) is 39.5 Å². The fourth-order valence-corrected chi connectivity index (χ4v) is 2.57. The van der Waals surface area contributed by atoms with E-state index in [4.69, 9.17) is 9.47 Å². The second-order valence-corrected chi connectivity index (χ2v) is 4.99. The van der Waals surface area contributed by atoms with Crippen LogP contribution in [0.1, 0.15) is 39.5 Å². The van der Waals surface area contributed by atoms with E-state index in [1.54, 1.807) is 0 Å². The van der Waals surface area contributed by atoms with Crippen molar-refractivity contribution in [1.29, 1.82) is 0 Å². The number of carbonyl (C=O) groups is 1. The quantitative estimate of drug-likeness (QED) is 0.864. The van der Waals surface area contributed by atoms with Gasteiger partial charge in [-0.25, -0.2) is 0 Å². The molecular weight excluding hydrogens is 254 g/mol. The van der Waals surface area contributed by atoms with Crippen molar-refractivity contribution in [3.63, 3.8) is 0 Å². The molecule has 110 valence electrons. The molecule has 0 saturated heterocycles. The number of nitrogens with one attached hydrogen (secondary N) is 1. The highest BCUT2D eigenvalue weighted by Crippen LogP contribution is 2.32. The summed E-state index contributed by atoms with van der Waals surface area (Å²) in [6.07, 6.45) is 4.27. The maximum Gasteiger partial charge on any atom is 0.227 e. The molecule has 4 heteroatoms.